The summed E-state index contributed by atoms with van der Waals surface area (Å²) in [7, 11) is 0. The van der Waals surface area contributed by atoms with Crippen molar-refractivity contribution in [3.8, 4) is 5.75 Å². The molecule has 0 spiro atoms. The predicted molar refractivity (Wildman–Crippen MR) is 66.4 cm³/mol. The molecule has 4 nitrogen and oxygen atoms in total. The summed E-state index contributed by atoms with van der Waals surface area (Å²) in [5, 5.41) is 9.00. The highest BCUT2D eigenvalue weighted by molar-refractivity contribution is 9.10. The fourth-order valence-electron chi connectivity index (χ4n) is 1.33. The van der Waals surface area contributed by atoms with Gasteiger partial charge in [-0.05, 0) is 18.2 Å². The first-order chi connectivity index (χ1) is 7.95. The summed E-state index contributed by atoms with van der Waals surface area (Å²) in [6, 6.07) is 4.86. The van der Waals surface area contributed by atoms with Crippen molar-refractivity contribution in [2.24, 2.45) is 5.92 Å². The Balaban J connectivity index is 3.00. The van der Waals surface area contributed by atoms with Crippen LogP contribution < -0.4 is 4.74 Å². The molecule has 1 N–H and O–H groups in total. The molecular formula is C12H13BrO4. The van der Waals surface area contributed by atoms with E-state index in [1.807, 2.05) is 0 Å². The molecule has 5 heteroatoms. The molecule has 17 heavy (non-hydrogen) atoms. The fraction of sp³-hybridized carbons (Fsp3) is 0.333. The second kappa shape index (κ2) is 5.82. The van der Waals surface area contributed by atoms with E-state index < -0.39 is 12.1 Å². The standard InChI is InChI=1S/C12H13BrO4/c1-7(2)11(12(15)16)17-10-4-3-9(13)5-8(10)6-14/h3-7,11H,1-2H3,(H,15,16). The van der Waals surface area contributed by atoms with Crippen LogP contribution in [0.4, 0.5) is 0 Å². The molecule has 1 rings (SSSR count). The zero-order valence-electron chi connectivity index (χ0n) is 9.51. The number of halogens is 1. The summed E-state index contributed by atoms with van der Waals surface area (Å²) in [6.07, 6.45) is -0.325. The van der Waals surface area contributed by atoms with Gasteiger partial charge in [0.05, 0.1) is 5.56 Å². The number of aliphatic carboxylic acids is 1. The van der Waals surface area contributed by atoms with Crippen LogP contribution in [0.1, 0.15) is 24.2 Å². The maximum absolute atomic E-state index is 11.0. The van der Waals surface area contributed by atoms with Crippen molar-refractivity contribution in [3.63, 3.8) is 0 Å². The summed E-state index contributed by atoms with van der Waals surface area (Å²) >= 11 is 3.23. The van der Waals surface area contributed by atoms with Gasteiger partial charge >= 0.3 is 5.97 Å². The van der Waals surface area contributed by atoms with Gasteiger partial charge in [-0.25, -0.2) is 4.79 Å². The van der Waals surface area contributed by atoms with E-state index in [0.717, 1.165) is 4.47 Å². The largest absolute Gasteiger partial charge is 0.478 e. The van der Waals surface area contributed by atoms with Crippen LogP contribution in [-0.2, 0) is 4.79 Å². The highest BCUT2D eigenvalue weighted by Crippen LogP contribution is 2.24. The molecule has 0 radical (unpaired) electrons. The van der Waals surface area contributed by atoms with E-state index in [0.29, 0.717) is 11.8 Å². The van der Waals surface area contributed by atoms with E-state index in [-0.39, 0.29) is 11.7 Å². The summed E-state index contributed by atoms with van der Waals surface area (Å²) in [4.78, 5) is 21.8. The number of hydrogen-bond donors (Lipinski definition) is 1. The lowest BCUT2D eigenvalue weighted by atomic mass is 10.1. The second-order valence-electron chi connectivity index (χ2n) is 3.92. The van der Waals surface area contributed by atoms with E-state index in [9.17, 15) is 9.59 Å². The van der Waals surface area contributed by atoms with Crippen molar-refractivity contribution in [3.05, 3.63) is 28.2 Å². The molecule has 1 atom stereocenters. The number of benzene rings is 1. The molecular weight excluding hydrogens is 288 g/mol. The first-order valence-electron chi connectivity index (χ1n) is 5.10. The number of hydrogen-bond acceptors (Lipinski definition) is 3. The number of ether oxygens (including phenoxy) is 1. The van der Waals surface area contributed by atoms with Crippen LogP contribution in [0.2, 0.25) is 0 Å². The lowest BCUT2D eigenvalue weighted by Crippen LogP contribution is -2.32. The first kappa shape index (κ1) is 13.7. The Morgan fingerprint density at radius 3 is 2.59 bits per heavy atom. The van der Waals surface area contributed by atoms with Gasteiger partial charge in [0.15, 0.2) is 12.4 Å². The van der Waals surface area contributed by atoms with Crippen LogP contribution in [0.25, 0.3) is 0 Å². The minimum atomic E-state index is -1.04. The SMILES string of the molecule is CC(C)C(Oc1ccc(Br)cc1C=O)C(=O)O. The predicted octanol–water partition coefficient (Wildman–Crippen LogP) is 2.75. The highest BCUT2D eigenvalue weighted by atomic mass is 79.9. The summed E-state index contributed by atoms with van der Waals surface area (Å²) < 4.78 is 6.10. The zero-order valence-corrected chi connectivity index (χ0v) is 11.1. The van der Waals surface area contributed by atoms with Crippen molar-refractivity contribution in [2.45, 2.75) is 20.0 Å². The Morgan fingerprint density at radius 2 is 2.12 bits per heavy atom. The molecule has 1 aromatic carbocycles. The smallest absolute Gasteiger partial charge is 0.345 e. The minimum Gasteiger partial charge on any atom is -0.478 e. The Kier molecular flexibility index (Phi) is 4.69. The Hall–Kier alpha value is -1.36. The van der Waals surface area contributed by atoms with E-state index >= 15 is 0 Å². The lowest BCUT2D eigenvalue weighted by Gasteiger charge is -2.19. The molecule has 0 aliphatic carbocycles. The van der Waals surface area contributed by atoms with Gasteiger partial charge in [-0.3, -0.25) is 4.79 Å². The molecule has 92 valence electrons. The lowest BCUT2D eigenvalue weighted by molar-refractivity contribution is -0.147. The Bertz CT molecular complexity index is 429. The zero-order chi connectivity index (χ0) is 13.0. The summed E-state index contributed by atoms with van der Waals surface area (Å²) in [5.41, 5.74) is 0.325. The number of rotatable bonds is 5. The van der Waals surface area contributed by atoms with Gasteiger partial charge in [0.2, 0.25) is 0 Å². The monoisotopic (exact) mass is 300 g/mol. The number of carboxylic acid groups (broad SMARTS) is 1. The molecule has 0 aromatic heterocycles. The van der Waals surface area contributed by atoms with Gasteiger partial charge in [0.1, 0.15) is 5.75 Å². The van der Waals surface area contributed by atoms with Gasteiger partial charge in [0.25, 0.3) is 0 Å². The molecule has 0 aliphatic heterocycles. The minimum absolute atomic E-state index is 0.185. The molecule has 0 heterocycles. The van der Waals surface area contributed by atoms with E-state index in [4.69, 9.17) is 9.84 Å². The molecule has 0 saturated carbocycles. The quantitative estimate of drug-likeness (QED) is 0.849. The first-order valence-corrected chi connectivity index (χ1v) is 5.89. The molecule has 0 aliphatic rings. The third kappa shape index (κ3) is 3.56. The van der Waals surface area contributed by atoms with Crippen LogP contribution >= 0.6 is 15.9 Å². The van der Waals surface area contributed by atoms with Crippen LogP contribution in [0, 0.1) is 5.92 Å². The van der Waals surface area contributed by atoms with Crippen molar-refractivity contribution >= 4 is 28.2 Å². The van der Waals surface area contributed by atoms with Gasteiger partial charge < -0.3 is 9.84 Å². The van der Waals surface area contributed by atoms with Crippen LogP contribution in [0.3, 0.4) is 0 Å². The van der Waals surface area contributed by atoms with Gasteiger partial charge in [-0.15, -0.1) is 0 Å². The maximum Gasteiger partial charge on any atom is 0.345 e. The molecule has 0 saturated heterocycles. The fourth-order valence-corrected chi connectivity index (χ4v) is 1.71. The molecule has 0 bridgehead atoms. The summed E-state index contributed by atoms with van der Waals surface area (Å²) in [5.74, 6) is -0.945. The number of carbonyl (C=O) groups is 2. The third-order valence-corrected chi connectivity index (χ3v) is 2.69. The second-order valence-corrected chi connectivity index (χ2v) is 4.84. The number of aldehydes is 1. The van der Waals surface area contributed by atoms with Crippen LogP contribution in [0.5, 0.6) is 5.75 Å². The Labute approximate surface area is 108 Å². The molecule has 1 unspecified atom stereocenters. The average Bonchev–Trinajstić information content (AvgIpc) is 2.26. The van der Waals surface area contributed by atoms with Crippen LogP contribution in [0.15, 0.2) is 22.7 Å². The van der Waals surface area contributed by atoms with Gasteiger partial charge in [-0.1, -0.05) is 29.8 Å². The van der Waals surface area contributed by atoms with Gasteiger partial charge in [0, 0.05) is 10.4 Å². The summed E-state index contributed by atoms with van der Waals surface area (Å²) in [6.45, 7) is 3.50. The van der Waals surface area contributed by atoms with Crippen molar-refractivity contribution in [1.82, 2.24) is 0 Å². The van der Waals surface area contributed by atoms with E-state index in [1.54, 1.807) is 32.0 Å². The van der Waals surface area contributed by atoms with E-state index in [2.05, 4.69) is 15.9 Å². The van der Waals surface area contributed by atoms with Crippen molar-refractivity contribution < 1.29 is 19.4 Å². The number of carbonyl (C=O) groups excluding carboxylic acids is 1. The Morgan fingerprint density at radius 1 is 1.47 bits per heavy atom. The maximum atomic E-state index is 11.0. The van der Waals surface area contributed by atoms with Crippen molar-refractivity contribution in [2.75, 3.05) is 0 Å². The third-order valence-electron chi connectivity index (χ3n) is 2.20. The van der Waals surface area contributed by atoms with Crippen LogP contribution in [-0.4, -0.2) is 23.5 Å². The highest BCUT2D eigenvalue weighted by Gasteiger charge is 2.24. The topological polar surface area (TPSA) is 63.6 Å². The van der Waals surface area contributed by atoms with Crippen molar-refractivity contribution in [1.29, 1.82) is 0 Å². The van der Waals surface area contributed by atoms with E-state index in [1.165, 1.54) is 0 Å². The molecule has 0 amide bonds. The number of carboxylic acids is 1. The van der Waals surface area contributed by atoms with Gasteiger partial charge in [-0.2, -0.15) is 0 Å². The molecule has 0 fully saturated rings. The average molecular weight is 301 g/mol. The normalized spacial score (nSPS) is 12.2. The molecule has 1 aromatic rings.